The molecule has 0 aromatic heterocycles. The van der Waals surface area contributed by atoms with Crippen molar-refractivity contribution in [1.82, 2.24) is 5.32 Å². The number of hydrogen-bond donors (Lipinski definition) is 1. The minimum atomic E-state index is -0.0788. The monoisotopic (exact) mass is 215 g/mol. The second-order valence-corrected chi connectivity index (χ2v) is 4.75. The van der Waals surface area contributed by atoms with Gasteiger partial charge in [-0.15, -0.1) is 6.42 Å². The highest BCUT2D eigenvalue weighted by Crippen LogP contribution is 2.37. The summed E-state index contributed by atoms with van der Waals surface area (Å²) in [5.74, 6) is 3.61. The van der Waals surface area contributed by atoms with Crippen molar-refractivity contribution in [1.29, 1.82) is 0 Å². The first-order valence-corrected chi connectivity index (χ1v) is 5.56. The Morgan fingerprint density at radius 3 is 3.06 bits per heavy atom. The van der Waals surface area contributed by atoms with Gasteiger partial charge in [0.05, 0.1) is 6.54 Å². The highest BCUT2D eigenvalue weighted by molar-refractivity contribution is 5.45. The average Bonchev–Trinajstić information content (AvgIpc) is 2.53. The molecule has 16 heavy (non-hydrogen) atoms. The summed E-state index contributed by atoms with van der Waals surface area (Å²) in [6.07, 6.45) is 6.18. The first-order valence-electron chi connectivity index (χ1n) is 5.56. The fourth-order valence-corrected chi connectivity index (χ4v) is 2.09. The van der Waals surface area contributed by atoms with E-state index in [1.807, 2.05) is 0 Å². The van der Waals surface area contributed by atoms with E-state index in [1.165, 1.54) is 11.1 Å². The molecule has 0 spiro atoms. The van der Waals surface area contributed by atoms with Crippen LogP contribution in [0, 0.1) is 12.3 Å². The van der Waals surface area contributed by atoms with Gasteiger partial charge < -0.3 is 10.1 Å². The molecule has 0 saturated carbocycles. The van der Waals surface area contributed by atoms with E-state index in [0.29, 0.717) is 6.54 Å². The Hall–Kier alpha value is -1.46. The van der Waals surface area contributed by atoms with Gasteiger partial charge in [-0.05, 0) is 19.4 Å². The third kappa shape index (κ3) is 2.20. The zero-order valence-corrected chi connectivity index (χ0v) is 9.84. The van der Waals surface area contributed by atoms with E-state index in [2.05, 4.69) is 43.3 Å². The predicted octanol–water partition coefficient (Wildman–Crippen LogP) is 2.12. The largest absolute Gasteiger partial charge is 0.487 e. The summed E-state index contributed by atoms with van der Waals surface area (Å²) in [5.41, 5.74) is 2.41. The van der Waals surface area contributed by atoms with E-state index in [9.17, 15) is 0 Å². The van der Waals surface area contributed by atoms with Gasteiger partial charge in [-0.3, -0.25) is 0 Å². The molecule has 0 amide bonds. The van der Waals surface area contributed by atoms with Gasteiger partial charge >= 0.3 is 0 Å². The zero-order valence-electron chi connectivity index (χ0n) is 9.84. The molecule has 1 aromatic carbocycles. The van der Waals surface area contributed by atoms with Crippen LogP contribution >= 0.6 is 0 Å². The smallest absolute Gasteiger partial charge is 0.127 e. The van der Waals surface area contributed by atoms with Crippen molar-refractivity contribution in [3.05, 3.63) is 29.3 Å². The summed E-state index contributed by atoms with van der Waals surface area (Å²) >= 11 is 0. The van der Waals surface area contributed by atoms with Crippen molar-refractivity contribution in [3.63, 3.8) is 0 Å². The summed E-state index contributed by atoms with van der Waals surface area (Å²) in [7, 11) is 0. The molecule has 1 N–H and O–H groups in total. The molecular formula is C14H17NO. The second kappa shape index (κ2) is 4.19. The Labute approximate surface area is 97.0 Å². The molecule has 2 heteroatoms. The van der Waals surface area contributed by atoms with E-state index >= 15 is 0 Å². The maximum absolute atomic E-state index is 5.96. The van der Waals surface area contributed by atoms with Gasteiger partial charge in [0.15, 0.2) is 0 Å². The molecule has 2 nitrogen and oxygen atoms in total. The van der Waals surface area contributed by atoms with Gasteiger partial charge in [-0.2, -0.15) is 0 Å². The maximum Gasteiger partial charge on any atom is 0.127 e. The molecule has 0 aliphatic carbocycles. The van der Waals surface area contributed by atoms with E-state index in [1.54, 1.807) is 0 Å². The summed E-state index contributed by atoms with van der Waals surface area (Å²) in [5, 5.41) is 3.19. The maximum atomic E-state index is 5.96. The van der Waals surface area contributed by atoms with Gasteiger partial charge in [0.25, 0.3) is 0 Å². The molecule has 1 aliphatic heterocycles. The Balaban J connectivity index is 2.17. The molecule has 0 fully saturated rings. The molecule has 1 aromatic rings. The van der Waals surface area contributed by atoms with Crippen molar-refractivity contribution in [3.8, 4) is 18.1 Å². The average molecular weight is 215 g/mol. The van der Waals surface area contributed by atoms with Gasteiger partial charge in [-0.1, -0.05) is 24.1 Å². The molecule has 0 bridgehead atoms. The van der Waals surface area contributed by atoms with Crippen LogP contribution in [0.1, 0.15) is 25.0 Å². The molecule has 2 rings (SSSR count). The van der Waals surface area contributed by atoms with Crippen LogP contribution in [0.4, 0.5) is 0 Å². The molecule has 0 saturated heterocycles. The lowest BCUT2D eigenvalue weighted by Crippen LogP contribution is -2.25. The topological polar surface area (TPSA) is 21.3 Å². The normalized spacial score (nSPS) is 16.3. The van der Waals surface area contributed by atoms with Crippen LogP contribution in [-0.4, -0.2) is 12.1 Å². The highest BCUT2D eigenvalue weighted by atomic mass is 16.5. The molecule has 0 radical (unpaired) electrons. The number of nitrogens with one attached hydrogen (secondary N) is 1. The van der Waals surface area contributed by atoms with E-state index in [0.717, 1.165) is 18.7 Å². The van der Waals surface area contributed by atoms with E-state index in [4.69, 9.17) is 11.2 Å². The molecule has 0 atom stereocenters. The highest BCUT2D eigenvalue weighted by Gasteiger charge is 2.31. The minimum absolute atomic E-state index is 0.0788. The van der Waals surface area contributed by atoms with Crippen molar-refractivity contribution in [2.45, 2.75) is 32.4 Å². The summed E-state index contributed by atoms with van der Waals surface area (Å²) < 4.78 is 5.96. The fourth-order valence-electron chi connectivity index (χ4n) is 2.09. The Morgan fingerprint density at radius 1 is 1.50 bits per heavy atom. The van der Waals surface area contributed by atoms with Crippen LogP contribution in [0.5, 0.6) is 5.75 Å². The summed E-state index contributed by atoms with van der Waals surface area (Å²) in [4.78, 5) is 0. The summed E-state index contributed by atoms with van der Waals surface area (Å²) in [6, 6.07) is 6.30. The van der Waals surface area contributed by atoms with E-state index in [-0.39, 0.29) is 5.60 Å². The van der Waals surface area contributed by atoms with Gasteiger partial charge in [0, 0.05) is 18.5 Å². The Morgan fingerprint density at radius 2 is 2.31 bits per heavy atom. The minimum Gasteiger partial charge on any atom is -0.487 e. The zero-order chi connectivity index (χ0) is 11.6. The number of hydrogen-bond acceptors (Lipinski definition) is 2. The number of fused-ring (bicyclic) bond motifs is 1. The Kier molecular flexibility index (Phi) is 2.89. The van der Waals surface area contributed by atoms with Crippen molar-refractivity contribution >= 4 is 0 Å². The SMILES string of the molecule is C#CCNCc1cccc2c1OC(C)(C)C2. The van der Waals surface area contributed by atoms with Crippen LogP contribution in [0.15, 0.2) is 18.2 Å². The lowest BCUT2D eigenvalue weighted by Gasteiger charge is -2.18. The number of terminal acetylenes is 1. The third-order valence-electron chi connectivity index (χ3n) is 2.72. The van der Waals surface area contributed by atoms with Gasteiger partial charge in [0.2, 0.25) is 0 Å². The number of ether oxygens (including phenoxy) is 1. The van der Waals surface area contributed by atoms with Gasteiger partial charge in [-0.25, -0.2) is 0 Å². The third-order valence-corrected chi connectivity index (χ3v) is 2.72. The number of rotatable bonds is 3. The van der Waals surface area contributed by atoms with Crippen LogP contribution in [0.25, 0.3) is 0 Å². The molecule has 84 valence electrons. The van der Waals surface area contributed by atoms with Crippen LogP contribution in [0.2, 0.25) is 0 Å². The van der Waals surface area contributed by atoms with Crippen LogP contribution in [-0.2, 0) is 13.0 Å². The Bertz CT molecular complexity index is 429. The lowest BCUT2D eigenvalue weighted by molar-refractivity contribution is 0.137. The van der Waals surface area contributed by atoms with E-state index < -0.39 is 0 Å². The number of para-hydroxylation sites is 1. The molecule has 1 heterocycles. The lowest BCUT2D eigenvalue weighted by atomic mass is 10.0. The van der Waals surface area contributed by atoms with Crippen molar-refractivity contribution < 1.29 is 4.74 Å². The quantitative estimate of drug-likeness (QED) is 0.616. The van der Waals surface area contributed by atoms with Crippen LogP contribution in [0.3, 0.4) is 0 Å². The standard InChI is InChI=1S/C14H17NO/c1-4-8-15-10-12-7-5-6-11-9-14(2,3)16-13(11)12/h1,5-7,15H,8-10H2,2-3H3. The van der Waals surface area contributed by atoms with Crippen LogP contribution < -0.4 is 10.1 Å². The first-order chi connectivity index (χ1) is 7.62. The second-order valence-electron chi connectivity index (χ2n) is 4.75. The fraction of sp³-hybridized carbons (Fsp3) is 0.429. The molecule has 1 aliphatic rings. The molecule has 0 unspecified atom stereocenters. The summed E-state index contributed by atoms with van der Waals surface area (Å²) in [6.45, 7) is 5.59. The molecular weight excluding hydrogens is 198 g/mol. The van der Waals surface area contributed by atoms with Gasteiger partial charge in [0.1, 0.15) is 11.4 Å². The number of benzene rings is 1. The van der Waals surface area contributed by atoms with Crippen molar-refractivity contribution in [2.24, 2.45) is 0 Å². The first kappa shape index (κ1) is 11.0. The van der Waals surface area contributed by atoms with Crippen molar-refractivity contribution in [2.75, 3.05) is 6.54 Å². The predicted molar refractivity (Wildman–Crippen MR) is 65.4 cm³/mol.